The summed E-state index contributed by atoms with van der Waals surface area (Å²) in [7, 11) is 3.49. The lowest BCUT2D eigenvalue weighted by atomic mass is 10.1. The fourth-order valence-electron chi connectivity index (χ4n) is 2.65. The SMILES string of the molecule is CCCCOc1ccc(C(=O)NC(=S)Nc2cccc(CCC(=O)N(C)C)c2)cc1. The van der Waals surface area contributed by atoms with Gasteiger partial charge < -0.3 is 15.0 Å². The van der Waals surface area contributed by atoms with Crippen molar-refractivity contribution in [2.24, 2.45) is 0 Å². The number of thiocarbonyl (C=S) groups is 1. The minimum atomic E-state index is -0.291. The third-order valence-corrected chi connectivity index (χ3v) is 4.63. The fourth-order valence-corrected chi connectivity index (χ4v) is 2.86. The summed E-state index contributed by atoms with van der Waals surface area (Å²) in [6.45, 7) is 2.77. The smallest absolute Gasteiger partial charge is 0.257 e. The first kappa shape index (κ1) is 23.3. The molecular formula is C23H29N3O3S. The van der Waals surface area contributed by atoms with Crippen LogP contribution in [0.2, 0.25) is 0 Å². The lowest BCUT2D eigenvalue weighted by Crippen LogP contribution is -2.34. The lowest BCUT2D eigenvalue weighted by molar-refractivity contribution is -0.128. The summed E-state index contributed by atoms with van der Waals surface area (Å²) in [5, 5.41) is 5.91. The number of ether oxygens (including phenoxy) is 1. The molecule has 0 aromatic heterocycles. The van der Waals surface area contributed by atoms with Crippen molar-refractivity contribution in [3.05, 3.63) is 59.7 Å². The van der Waals surface area contributed by atoms with Crippen molar-refractivity contribution >= 4 is 34.8 Å². The molecule has 2 rings (SSSR count). The van der Waals surface area contributed by atoms with Crippen LogP contribution in [-0.4, -0.2) is 42.5 Å². The second-order valence-electron chi connectivity index (χ2n) is 7.12. The number of anilines is 1. The Morgan fingerprint density at radius 1 is 1.10 bits per heavy atom. The van der Waals surface area contributed by atoms with E-state index in [4.69, 9.17) is 17.0 Å². The quantitative estimate of drug-likeness (QED) is 0.467. The van der Waals surface area contributed by atoms with Crippen LogP contribution in [-0.2, 0) is 11.2 Å². The van der Waals surface area contributed by atoms with Crippen LogP contribution in [0.25, 0.3) is 0 Å². The predicted octanol–water partition coefficient (Wildman–Crippen LogP) is 4.01. The molecule has 0 bridgehead atoms. The van der Waals surface area contributed by atoms with Gasteiger partial charge in [0, 0.05) is 31.8 Å². The molecule has 0 saturated carbocycles. The van der Waals surface area contributed by atoms with Crippen molar-refractivity contribution in [3.8, 4) is 5.75 Å². The van der Waals surface area contributed by atoms with Crippen LogP contribution in [0, 0.1) is 0 Å². The van der Waals surface area contributed by atoms with E-state index in [-0.39, 0.29) is 16.9 Å². The molecule has 0 heterocycles. The van der Waals surface area contributed by atoms with E-state index >= 15 is 0 Å². The first-order chi connectivity index (χ1) is 14.4. The number of carbonyl (C=O) groups excluding carboxylic acids is 2. The summed E-state index contributed by atoms with van der Waals surface area (Å²) in [6, 6.07) is 14.6. The van der Waals surface area contributed by atoms with Crippen LogP contribution >= 0.6 is 12.2 Å². The molecule has 2 aromatic rings. The number of aryl methyl sites for hydroxylation is 1. The van der Waals surface area contributed by atoms with E-state index in [2.05, 4.69) is 17.6 Å². The van der Waals surface area contributed by atoms with Crippen molar-refractivity contribution in [1.82, 2.24) is 10.2 Å². The Morgan fingerprint density at radius 3 is 2.50 bits per heavy atom. The van der Waals surface area contributed by atoms with Gasteiger partial charge in [-0.3, -0.25) is 14.9 Å². The minimum Gasteiger partial charge on any atom is -0.494 e. The average Bonchev–Trinajstić information content (AvgIpc) is 2.72. The van der Waals surface area contributed by atoms with Crippen LogP contribution in [0.15, 0.2) is 48.5 Å². The van der Waals surface area contributed by atoms with Gasteiger partial charge in [0.1, 0.15) is 5.75 Å². The van der Waals surface area contributed by atoms with Gasteiger partial charge in [0.25, 0.3) is 5.91 Å². The van der Waals surface area contributed by atoms with E-state index in [1.807, 2.05) is 24.3 Å². The summed E-state index contributed by atoms with van der Waals surface area (Å²) < 4.78 is 5.61. The zero-order valence-corrected chi connectivity index (χ0v) is 18.6. The molecule has 6 nitrogen and oxygen atoms in total. The van der Waals surface area contributed by atoms with E-state index in [9.17, 15) is 9.59 Å². The minimum absolute atomic E-state index is 0.0814. The first-order valence-electron chi connectivity index (χ1n) is 10.0. The standard InChI is InChI=1S/C23H29N3O3S/c1-4-5-15-29-20-12-10-18(11-13-20)22(28)25-23(30)24-19-8-6-7-17(16-19)9-14-21(27)26(2)3/h6-8,10-13,16H,4-5,9,14-15H2,1-3H3,(H2,24,25,28,30). The maximum atomic E-state index is 12.4. The molecular weight excluding hydrogens is 398 g/mol. The molecule has 2 aromatic carbocycles. The number of benzene rings is 2. The van der Waals surface area contributed by atoms with Crippen LogP contribution in [0.5, 0.6) is 5.75 Å². The molecule has 0 spiro atoms. The van der Waals surface area contributed by atoms with Gasteiger partial charge in [-0.2, -0.15) is 0 Å². The Kier molecular flexibility index (Phi) is 9.28. The van der Waals surface area contributed by atoms with E-state index in [1.165, 1.54) is 0 Å². The molecule has 160 valence electrons. The van der Waals surface area contributed by atoms with Gasteiger partial charge in [-0.05, 0) is 67.0 Å². The van der Waals surface area contributed by atoms with Crippen LogP contribution in [0.3, 0.4) is 0 Å². The van der Waals surface area contributed by atoms with Gasteiger partial charge in [-0.15, -0.1) is 0 Å². The molecule has 0 fully saturated rings. The Morgan fingerprint density at radius 2 is 1.83 bits per heavy atom. The second kappa shape index (κ2) is 11.9. The van der Waals surface area contributed by atoms with Gasteiger partial charge in [0.2, 0.25) is 5.91 Å². The van der Waals surface area contributed by atoms with E-state index in [0.717, 1.165) is 29.8 Å². The third-order valence-electron chi connectivity index (χ3n) is 4.42. The highest BCUT2D eigenvalue weighted by molar-refractivity contribution is 7.80. The highest BCUT2D eigenvalue weighted by atomic mass is 32.1. The zero-order chi connectivity index (χ0) is 21.9. The lowest BCUT2D eigenvalue weighted by Gasteiger charge is -2.12. The summed E-state index contributed by atoms with van der Waals surface area (Å²) in [4.78, 5) is 25.7. The van der Waals surface area contributed by atoms with Crippen molar-refractivity contribution in [1.29, 1.82) is 0 Å². The summed E-state index contributed by atoms with van der Waals surface area (Å²) in [5.74, 6) is 0.531. The molecule has 30 heavy (non-hydrogen) atoms. The number of nitrogens with zero attached hydrogens (tertiary/aromatic N) is 1. The van der Waals surface area contributed by atoms with E-state index in [0.29, 0.717) is 25.0 Å². The highest BCUT2D eigenvalue weighted by Gasteiger charge is 2.09. The maximum Gasteiger partial charge on any atom is 0.257 e. The van der Waals surface area contributed by atoms with Crippen molar-refractivity contribution in [2.75, 3.05) is 26.0 Å². The first-order valence-corrected chi connectivity index (χ1v) is 10.4. The molecule has 2 N–H and O–H groups in total. The summed E-state index contributed by atoms with van der Waals surface area (Å²) in [6.07, 6.45) is 3.14. The maximum absolute atomic E-state index is 12.4. The second-order valence-corrected chi connectivity index (χ2v) is 7.53. The summed E-state index contributed by atoms with van der Waals surface area (Å²) >= 11 is 5.26. The Labute approximate surface area is 183 Å². The number of rotatable bonds is 9. The fraction of sp³-hybridized carbons (Fsp3) is 0.348. The number of hydrogen-bond donors (Lipinski definition) is 2. The molecule has 0 aliphatic heterocycles. The predicted molar refractivity (Wildman–Crippen MR) is 124 cm³/mol. The Hall–Kier alpha value is -2.93. The molecule has 2 amide bonds. The summed E-state index contributed by atoms with van der Waals surface area (Å²) in [5.41, 5.74) is 2.27. The highest BCUT2D eigenvalue weighted by Crippen LogP contribution is 2.14. The van der Waals surface area contributed by atoms with E-state index < -0.39 is 0 Å². The van der Waals surface area contributed by atoms with Gasteiger partial charge >= 0.3 is 0 Å². The monoisotopic (exact) mass is 427 g/mol. The number of unbranched alkanes of at least 4 members (excludes halogenated alkanes) is 1. The topological polar surface area (TPSA) is 70.7 Å². The van der Waals surface area contributed by atoms with E-state index in [1.54, 1.807) is 43.3 Å². The molecule has 0 aliphatic rings. The van der Waals surface area contributed by atoms with Crippen molar-refractivity contribution < 1.29 is 14.3 Å². The molecule has 0 unspecified atom stereocenters. The molecule has 0 atom stereocenters. The molecule has 0 saturated heterocycles. The molecule has 0 radical (unpaired) electrons. The van der Waals surface area contributed by atoms with Crippen molar-refractivity contribution in [2.45, 2.75) is 32.6 Å². The van der Waals surface area contributed by atoms with Crippen LogP contribution in [0.1, 0.15) is 42.1 Å². The average molecular weight is 428 g/mol. The molecule has 7 heteroatoms. The van der Waals surface area contributed by atoms with Crippen LogP contribution < -0.4 is 15.4 Å². The van der Waals surface area contributed by atoms with Crippen molar-refractivity contribution in [3.63, 3.8) is 0 Å². The number of carbonyl (C=O) groups is 2. The zero-order valence-electron chi connectivity index (χ0n) is 17.7. The van der Waals surface area contributed by atoms with Gasteiger partial charge in [0.05, 0.1) is 6.61 Å². The van der Waals surface area contributed by atoms with Gasteiger partial charge in [-0.1, -0.05) is 25.5 Å². The normalized spacial score (nSPS) is 10.2. The number of amides is 2. The van der Waals surface area contributed by atoms with Gasteiger partial charge in [-0.25, -0.2) is 0 Å². The number of nitrogens with one attached hydrogen (secondary N) is 2. The van der Waals surface area contributed by atoms with Gasteiger partial charge in [0.15, 0.2) is 5.11 Å². The third kappa shape index (κ3) is 7.83. The Balaban J connectivity index is 1.87. The Bertz CT molecular complexity index is 866. The number of hydrogen-bond acceptors (Lipinski definition) is 4. The molecule has 0 aliphatic carbocycles. The largest absolute Gasteiger partial charge is 0.494 e. The van der Waals surface area contributed by atoms with Crippen LogP contribution in [0.4, 0.5) is 5.69 Å².